The first-order valence-corrected chi connectivity index (χ1v) is 9.05. The minimum atomic E-state index is -1.08. The van der Waals surface area contributed by atoms with Crippen LogP contribution in [0.3, 0.4) is 0 Å². The van der Waals surface area contributed by atoms with Crippen LogP contribution < -0.4 is 10.1 Å². The fraction of sp³-hybridized carbons (Fsp3) is 0.350. The van der Waals surface area contributed by atoms with Gasteiger partial charge < -0.3 is 24.5 Å². The number of benzene rings is 1. The van der Waals surface area contributed by atoms with Crippen molar-refractivity contribution in [2.45, 2.75) is 26.2 Å². The number of carboxylic acid groups (broad SMARTS) is 1. The number of amides is 2. The summed E-state index contributed by atoms with van der Waals surface area (Å²) in [5.74, 6) is -1.04. The highest BCUT2D eigenvalue weighted by atomic mass is 16.5. The van der Waals surface area contributed by atoms with E-state index >= 15 is 0 Å². The molecule has 0 spiro atoms. The lowest BCUT2D eigenvalue weighted by molar-refractivity contribution is -0.136. The van der Waals surface area contributed by atoms with Crippen molar-refractivity contribution >= 4 is 23.5 Å². The number of likely N-dealkylation sites (tertiary alicyclic amines) is 1. The second-order valence-electron chi connectivity index (χ2n) is 6.65. The largest absolute Gasteiger partial charge is 0.484 e. The van der Waals surface area contributed by atoms with Gasteiger partial charge in [0.1, 0.15) is 17.9 Å². The number of carbonyl (C=O) groups excluding carboxylic acids is 2. The molecule has 2 N–H and O–H groups in total. The molecule has 0 unspecified atom stereocenters. The summed E-state index contributed by atoms with van der Waals surface area (Å²) in [4.78, 5) is 37.4. The van der Waals surface area contributed by atoms with E-state index in [4.69, 9.17) is 14.3 Å². The number of carbonyl (C=O) groups is 3. The fourth-order valence-electron chi connectivity index (χ4n) is 3.13. The van der Waals surface area contributed by atoms with E-state index in [9.17, 15) is 14.4 Å². The quantitative estimate of drug-likeness (QED) is 0.757. The summed E-state index contributed by atoms with van der Waals surface area (Å²) < 4.78 is 10.7. The Balaban J connectivity index is 1.64. The molecule has 2 aromatic rings. The van der Waals surface area contributed by atoms with E-state index in [1.807, 2.05) is 0 Å². The van der Waals surface area contributed by atoms with Crippen molar-refractivity contribution < 1.29 is 28.6 Å². The Kier molecular flexibility index (Phi) is 5.98. The van der Waals surface area contributed by atoms with Crippen LogP contribution in [0.4, 0.5) is 5.69 Å². The van der Waals surface area contributed by atoms with Gasteiger partial charge in [0.2, 0.25) is 0 Å². The van der Waals surface area contributed by atoms with Crippen LogP contribution in [-0.4, -0.2) is 47.5 Å². The normalized spacial score (nSPS) is 13.4. The van der Waals surface area contributed by atoms with Gasteiger partial charge in [-0.15, -0.1) is 0 Å². The molecule has 0 bridgehead atoms. The van der Waals surface area contributed by atoms with Crippen LogP contribution in [0.15, 0.2) is 34.9 Å². The highest BCUT2D eigenvalue weighted by molar-refractivity contribution is 6.06. The van der Waals surface area contributed by atoms with E-state index < -0.39 is 11.9 Å². The molecular formula is C20H22N2O6. The van der Waals surface area contributed by atoms with Gasteiger partial charge in [0.15, 0.2) is 6.61 Å². The Hall–Kier alpha value is -3.29. The van der Waals surface area contributed by atoms with Crippen LogP contribution in [0, 0.1) is 6.92 Å². The second kappa shape index (κ2) is 8.60. The highest BCUT2D eigenvalue weighted by Gasteiger charge is 2.21. The number of nitrogens with one attached hydrogen (secondary N) is 1. The molecule has 0 saturated carbocycles. The second-order valence-corrected chi connectivity index (χ2v) is 6.65. The van der Waals surface area contributed by atoms with Gasteiger partial charge in [0.05, 0.1) is 11.8 Å². The van der Waals surface area contributed by atoms with Crippen molar-refractivity contribution in [3.05, 3.63) is 47.4 Å². The maximum atomic E-state index is 12.6. The molecule has 8 nitrogen and oxygen atoms in total. The third kappa shape index (κ3) is 4.70. The predicted molar refractivity (Wildman–Crippen MR) is 100 cm³/mol. The van der Waals surface area contributed by atoms with Crippen LogP contribution in [0.5, 0.6) is 5.75 Å². The number of carboxylic acids is 1. The first-order chi connectivity index (χ1) is 13.4. The highest BCUT2D eigenvalue weighted by Crippen LogP contribution is 2.22. The third-order valence-corrected chi connectivity index (χ3v) is 4.50. The number of furan rings is 1. The van der Waals surface area contributed by atoms with Crippen molar-refractivity contribution in [1.29, 1.82) is 0 Å². The van der Waals surface area contributed by atoms with Gasteiger partial charge in [-0.1, -0.05) is 6.07 Å². The van der Waals surface area contributed by atoms with Gasteiger partial charge in [0, 0.05) is 30.4 Å². The van der Waals surface area contributed by atoms with Crippen LogP contribution in [-0.2, 0) is 16.0 Å². The Labute approximate surface area is 162 Å². The van der Waals surface area contributed by atoms with Crippen LogP contribution in [0.2, 0.25) is 0 Å². The van der Waals surface area contributed by atoms with E-state index in [0.717, 1.165) is 25.9 Å². The number of ether oxygens (including phenoxy) is 1. The van der Waals surface area contributed by atoms with Gasteiger partial charge in [-0.3, -0.25) is 14.4 Å². The van der Waals surface area contributed by atoms with Gasteiger partial charge in [-0.25, -0.2) is 0 Å². The lowest BCUT2D eigenvalue weighted by atomic mass is 10.1. The molecule has 0 aliphatic carbocycles. The SMILES string of the molecule is Cc1coc(CC(=O)O)c1C(=O)Nc1cccc(OCC(=O)N2CCCC2)c1. The van der Waals surface area contributed by atoms with Gasteiger partial charge in [-0.05, 0) is 31.9 Å². The summed E-state index contributed by atoms with van der Waals surface area (Å²) >= 11 is 0. The molecule has 0 atom stereocenters. The fourth-order valence-corrected chi connectivity index (χ4v) is 3.13. The van der Waals surface area contributed by atoms with E-state index in [2.05, 4.69) is 5.32 Å². The van der Waals surface area contributed by atoms with Crippen molar-refractivity contribution in [2.24, 2.45) is 0 Å². The summed E-state index contributed by atoms with van der Waals surface area (Å²) in [6.45, 7) is 3.15. The summed E-state index contributed by atoms with van der Waals surface area (Å²) in [7, 11) is 0. The van der Waals surface area contributed by atoms with Crippen LogP contribution in [0.25, 0.3) is 0 Å². The number of hydrogen-bond acceptors (Lipinski definition) is 5. The molecule has 8 heteroatoms. The summed E-state index contributed by atoms with van der Waals surface area (Å²) in [6, 6.07) is 6.69. The molecule has 28 heavy (non-hydrogen) atoms. The number of anilines is 1. The van der Waals surface area contributed by atoms with Crippen LogP contribution >= 0.6 is 0 Å². The zero-order valence-corrected chi connectivity index (χ0v) is 15.6. The predicted octanol–water partition coefficient (Wildman–Crippen LogP) is 2.47. The summed E-state index contributed by atoms with van der Waals surface area (Å²) in [5, 5.41) is 11.7. The third-order valence-electron chi connectivity index (χ3n) is 4.50. The van der Waals surface area contributed by atoms with E-state index in [0.29, 0.717) is 17.0 Å². The topological polar surface area (TPSA) is 109 Å². The first kappa shape index (κ1) is 19.5. The molecule has 1 fully saturated rings. The molecule has 1 aliphatic rings. The lowest BCUT2D eigenvalue weighted by Gasteiger charge is -2.15. The Morgan fingerprint density at radius 1 is 1.25 bits per heavy atom. The van der Waals surface area contributed by atoms with Crippen molar-refractivity contribution in [3.8, 4) is 5.75 Å². The molecule has 2 amide bonds. The maximum Gasteiger partial charge on any atom is 0.311 e. The standard InChI is InChI=1S/C20H22N2O6/c1-13-11-28-16(10-18(24)25)19(13)20(26)21-14-5-4-6-15(9-14)27-12-17(23)22-7-2-3-8-22/h4-6,9,11H,2-3,7-8,10,12H2,1H3,(H,21,26)(H,24,25). The van der Waals surface area contributed by atoms with Crippen molar-refractivity contribution in [2.75, 3.05) is 25.0 Å². The Morgan fingerprint density at radius 2 is 2.00 bits per heavy atom. The molecule has 0 radical (unpaired) electrons. The zero-order valence-electron chi connectivity index (χ0n) is 15.6. The minimum Gasteiger partial charge on any atom is -0.484 e. The zero-order chi connectivity index (χ0) is 20.1. The summed E-state index contributed by atoms with van der Waals surface area (Å²) in [5.41, 5.74) is 1.23. The number of hydrogen-bond donors (Lipinski definition) is 2. The molecule has 1 aromatic heterocycles. The smallest absolute Gasteiger partial charge is 0.311 e. The lowest BCUT2D eigenvalue weighted by Crippen LogP contribution is -2.32. The number of aliphatic carboxylic acids is 1. The average molecular weight is 386 g/mol. The number of aryl methyl sites for hydroxylation is 1. The van der Waals surface area contributed by atoms with E-state index in [-0.39, 0.29) is 30.3 Å². The van der Waals surface area contributed by atoms with E-state index in [1.165, 1.54) is 6.26 Å². The molecule has 1 aliphatic heterocycles. The van der Waals surface area contributed by atoms with Gasteiger partial charge >= 0.3 is 5.97 Å². The van der Waals surface area contributed by atoms with Crippen molar-refractivity contribution in [1.82, 2.24) is 4.90 Å². The molecular weight excluding hydrogens is 364 g/mol. The maximum absolute atomic E-state index is 12.6. The average Bonchev–Trinajstić information content (AvgIpc) is 3.30. The molecule has 3 rings (SSSR count). The molecule has 148 valence electrons. The number of rotatable bonds is 7. The van der Waals surface area contributed by atoms with Gasteiger partial charge in [-0.2, -0.15) is 0 Å². The minimum absolute atomic E-state index is 0.0546. The monoisotopic (exact) mass is 386 g/mol. The van der Waals surface area contributed by atoms with Crippen molar-refractivity contribution in [3.63, 3.8) is 0 Å². The molecule has 1 saturated heterocycles. The molecule has 1 aromatic carbocycles. The Morgan fingerprint density at radius 3 is 2.71 bits per heavy atom. The first-order valence-electron chi connectivity index (χ1n) is 9.05. The number of nitrogens with zero attached hydrogens (tertiary/aromatic N) is 1. The Bertz CT molecular complexity index is 883. The van der Waals surface area contributed by atoms with Crippen LogP contribution in [0.1, 0.15) is 34.5 Å². The van der Waals surface area contributed by atoms with Gasteiger partial charge in [0.25, 0.3) is 11.8 Å². The van der Waals surface area contributed by atoms with E-state index in [1.54, 1.807) is 36.1 Å². The summed E-state index contributed by atoms with van der Waals surface area (Å²) in [6.07, 6.45) is 3.02. The molecule has 2 heterocycles.